The van der Waals surface area contributed by atoms with Gasteiger partial charge in [-0.3, -0.25) is 4.90 Å². The highest BCUT2D eigenvalue weighted by Crippen LogP contribution is 2.29. The van der Waals surface area contributed by atoms with Gasteiger partial charge in [0.2, 0.25) is 0 Å². The van der Waals surface area contributed by atoms with Crippen LogP contribution in [0.5, 0.6) is 0 Å². The summed E-state index contributed by atoms with van der Waals surface area (Å²) in [6.45, 7) is 14.4. The summed E-state index contributed by atoms with van der Waals surface area (Å²) in [5, 5.41) is 0. The zero-order valence-electron chi connectivity index (χ0n) is 16.0. The Hall–Kier alpha value is -1.75. The SMILES string of the molecule is CCN1CCc2c(cccc2N2CCN(C(=O)OC(C)(C)C)CC2)C1. The first-order valence-corrected chi connectivity index (χ1v) is 9.43. The van der Waals surface area contributed by atoms with Crippen LogP contribution >= 0.6 is 0 Å². The predicted octanol–water partition coefficient (Wildman–Crippen LogP) is 3.12. The third-order valence-corrected chi connectivity index (χ3v) is 5.04. The van der Waals surface area contributed by atoms with Gasteiger partial charge in [0.25, 0.3) is 0 Å². The van der Waals surface area contributed by atoms with Gasteiger partial charge in [-0.1, -0.05) is 19.1 Å². The lowest BCUT2D eigenvalue weighted by Gasteiger charge is -2.39. The number of carbonyl (C=O) groups is 1. The van der Waals surface area contributed by atoms with Crippen LogP contribution in [-0.4, -0.2) is 60.8 Å². The molecule has 1 amide bonds. The standard InChI is InChI=1S/C20H31N3O2/c1-5-21-10-9-17-16(15-21)7-6-8-18(17)22-11-13-23(14-12-22)19(24)25-20(2,3)4/h6-8H,5,9-15H2,1-4H3. The van der Waals surface area contributed by atoms with E-state index in [-0.39, 0.29) is 6.09 Å². The van der Waals surface area contributed by atoms with Crippen molar-refractivity contribution in [1.29, 1.82) is 0 Å². The van der Waals surface area contributed by atoms with Crippen LogP contribution in [0.4, 0.5) is 10.5 Å². The molecule has 0 radical (unpaired) electrons. The monoisotopic (exact) mass is 345 g/mol. The first-order chi connectivity index (χ1) is 11.9. The van der Waals surface area contributed by atoms with Crippen LogP contribution in [0.3, 0.4) is 0 Å². The van der Waals surface area contributed by atoms with E-state index in [0.29, 0.717) is 0 Å². The van der Waals surface area contributed by atoms with Crippen LogP contribution in [0.25, 0.3) is 0 Å². The van der Waals surface area contributed by atoms with Crippen LogP contribution in [0.1, 0.15) is 38.8 Å². The molecule has 0 aliphatic carbocycles. The normalized spacial score (nSPS) is 18.9. The van der Waals surface area contributed by atoms with Crippen molar-refractivity contribution in [3.63, 3.8) is 0 Å². The molecule has 0 aromatic heterocycles. The van der Waals surface area contributed by atoms with Gasteiger partial charge in [0, 0.05) is 45.0 Å². The molecule has 25 heavy (non-hydrogen) atoms. The molecule has 0 N–H and O–H groups in total. The van der Waals surface area contributed by atoms with E-state index < -0.39 is 5.60 Å². The second kappa shape index (κ2) is 7.24. The molecule has 2 heterocycles. The quantitative estimate of drug-likeness (QED) is 0.825. The van der Waals surface area contributed by atoms with Crippen molar-refractivity contribution >= 4 is 11.8 Å². The lowest BCUT2D eigenvalue weighted by Crippen LogP contribution is -2.50. The smallest absolute Gasteiger partial charge is 0.410 e. The van der Waals surface area contributed by atoms with Crippen LogP contribution in [-0.2, 0) is 17.7 Å². The van der Waals surface area contributed by atoms with E-state index in [0.717, 1.165) is 52.2 Å². The summed E-state index contributed by atoms with van der Waals surface area (Å²) in [5.74, 6) is 0. The number of ether oxygens (including phenoxy) is 1. The van der Waals surface area contributed by atoms with Crippen molar-refractivity contribution in [2.75, 3.05) is 44.2 Å². The van der Waals surface area contributed by atoms with Gasteiger partial charge in [-0.2, -0.15) is 0 Å². The highest BCUT2D eigenvalue weighted by molar-refractivity contribution is 5.69. The minimum absolute atomic E-state index is 0.194. The van der Waals surface area contributed by atoms with Crippen LogP contribution in [0.15, 0.2) is 18.2 Å². The molecule has 0 atom stereocenters. The van der Waals surface area contributed by atoms with Gasteiger partial charge in [0.15, 0.2) is 0 Å². The number of likely N-dealkylation sites (N-methyl/N-ethyl adjacent to an activating group) is 1. The molecule has 1 aromatic carbocycles. The zero-order valence-corrected chi connectivity index (χ0v) is 16.0. The average Bonchev–Trinajstić information content (AvgIpc) is 2.59. The lowest BCUT2D eigenvalue weighted by atomic mass is 9.97. The Balaban J connectivity index is 1.65. The van der Waals surface area contributed by atoms with Crippen molar-refractivity contribution in [1.82, 2.24) is 9.80 Å². The molecule has 138 valence electrons. The van der Waals surface area contributed by atoms with Crippen molar-refractivity contribution in [2.45, 2.75) is 46.3 Å². The Bertz CT molecular complexity index is 616. The maximum Gasteiger partial charge on any atom is 0.410 e. The van der Waals surface area contributed by atoms with E-state index in [1.807, 2.05) is 25.7 Å². The van der Waals surface area contributed by atoms with Crippen LogP contribution < -0.4 is 4.90 Å². The first-order valence-electron chi connectivity index (χ1n) is 9.43. The second-order valence-electron chi connectivity index (χ2n) is 7.99. The van der Waals surface area contributed by atoms with Gasteiger partial charge in [0.1, 0.15) is 5.60 Å². The molecule has 0 unspecified atom stereocenters. The van der Waals surface area contributed by atoms with E-state index in [9.17, 15) is 4.79 Å². The molecule has 2 aliphatic heterocycles. The summed E-state index contributed by atoms with van der Waals surface area (Å²) in [4.78, 5) is 19.0. The third kappa shape index (κ3) is 4.27. The number of anilines is 1. The number of carbonyl (C=O) groups excluding carboxylic acids is 1. The second-order valence-corrected chi connectivity index (χ2v) is 7.99. The number of rotatable bonds is 2. The van der Waals surface area contributed by atoms with Gasteiger partial charge < -0.3 is 14.5 Å². The molecule has 1 fully saturated rings. The average molecular weight is 345 g/mol. The van der Waals surface area contributed by atoms with Crippen LogP contribution in [0.2, 0.25) is 0 Å². The summed E-state index contributed by atoms with van der Waals surface area (Å²) >= 11 is 0. The Kier molecular flexibility index (Phi) is 5.23. The van der Waals surface area contributed by atoms with Crippen LogP contribution in [0, 0.1) is 0 Å². The highest BCUT2D eigenvalue weighted by atomic mass is 16.6. The predicted molar refractivity (Wildman–Crippen MR) is 101 cm³/mol. The number of hydrogen-bond acceptors (Lipinski definition) is 4. The van der Waals surface area contributed by atoms with E-state index in [1.54, 1.807) is 0 Å². The van der Waals surface area contributed by atoms with E-state index >= 15 is 0 Å². The lowest BCUT2D eigenvalue weighted by molar-refractivity contribution is 0.0240. The Morgan fingerprint density at radius 1 is 1.12 bits per heavy atom. The molecule has 3 rings (SSSR count). The van der Waals surface area contributed by atoms with Crippen molar-refractivity contribution in [2.24, 2.45) is 0 Å². The summed E-state index contributed by atoms with van der Waals surface area (Å²) in [5.41, 5.74) is 3.88. The number of hydrogen-bond donors (Lipinski definition) is 0. The summed E-state index contributed by atoms with van der Waals surface area (Å²) in [6, 6.07) is 6.68. The fourth-order valence-electron chi connectivity index (χ4n) is 3.67. The molecular formula is C20H31N3O2. The molecule has 2 aliphatic rings. The number of amides is 1. The molecular weight excluding hydrogens is 314 g/mol. The fourth-order valence-corrected chi connectivity index (χ4v) is 3.67. The number of fused-ring (bicyclic) bond motifs is 1. The van der Waals surface area contributed by atoms with Gasteiger partial charge in [-0.15, -0.1) is 0 Å². The first kappa shape index (κ1) is 18.1. The van der Waals surface area contributed by atoms with Crippen molar-refractivity contribution < 1.29 is 9.53 Å². The van der Waals surface area contributed by atoms with Gasteiger partial charge >= 0.3 is 6.09 Å². The molecule has 1 saturated heterocycles. The van der Waals surface area contributed by atoms with Gasteiger partial charge in [-0.05, 0) is 50.9 Å². The maximum atomic E-state index is 12.2. The fraction of sp³-hybridized carbons (Fsp3) is 0.650. The van der Waals surface area contributed by atoms with Crippen molar-refractivity contribution in [3.8, 4) is 0 Å². The summed E-state index contributed by atoms with van der Waals surface area (Å²) < 4.78 is 5.50. The molecule has 5 heteroatoms. The Labute approximate surface area is 151 Å². The Morgan fingerprint density at radius 3 is 2.48 bits per heavy atom. The largest absolute Gasteiger partial charge is 0.444 e. The zero-order chi connectivity index (χ0) is 18.0. The van der Waals surface area contributed by atoms with E-state index in [4.69, 9.17) is 4.74 Å². The minimum Gasteiger partial charge on any atom is -0.444 e. The highest BCUT2D eigenvalue weighted by Gasteiger charge is 2.27. The molecule has 0 saturated carbocycles. The topological polar surface area (TPSA) is 36.0 Å². The molecule has 1 aromatic rings. The summed E-state index contributed by atoms with van der Waals surface area (Å²) in [7, 11) is 0. The summed E-state index contributed by atoms with van der Waals surface area (Å²) in [6.07, 6.45) is 0.923. The van der Waals surface area contributed by atoms with Gasteiger partial charge in [0.05, 0.1) is 0 Å². The van der Waals surface area contributed by atoms with E-state index in [2.05, 4.69) is 34.9 Å². The third-order valence-electron chi connectivity index (χ3n) is 5.04. The molecule has 0 bridgehead atoms. The van der Waals surface area contributed by atoms with E-state index in [1.165, 1.54) is 16.8 Å². The Morgan fingerprint density at radius 2 is 1.84 bits per heavy atom. The number of benzene rings is 1. The minimum atomic E-state index is -0.433. The molecule has 5 nitrogen and oxygen atoms in total. The van der Waals surface area contributed by atoms with Crippen molar-refractivity contribution in [3.05, 3.63) is 29.3 Å². The number of nitrogens with zero attached hydrogens (tertiary/aromatic N) is 3. The maximum absolute atomic E-state index is 12.2. The molecule has 0 spiro atoms. The number of piperazine rings is 1. The van der Waals surface area contributed by atoms with Gasteiger partial charge in [-0.25, -0.2) is 4.79 Å².